The van der Waals surface area contributed by atoms with Gasteiger partial charge in [0.25, 0.3) is 0 Å². The minimum atomic E-state index is -4.16. The molecule has 1 amide bonds. The summed E-state index contributed by atoms with van der Waals surface area (Å²) in [6.07, 6.45) is -2.03. The smallest absolute Gasteiger partial charge is 0.382 e. The number of alkyl halides is 3. The lowest BCUT2D eigenvalue weighted by Gasteiger charge is -2.32. The van der Waals surface area contributed by atoms with Crippen LogP contribution in [0.15, 0.2) is 4.99 Å². The molecule has 0 aromatic heterocycles. The average Bonchev–Trinajstić information content (AvgIpc) is 2.58. The van der Waals surface area contributed by atoms with Gasteiger partial charge in [-0.05, 0) is 32.6 Å². The number of ether oxygens (including phenoxy) is 1. The van der Waals surface area contributed by atoms with Crippen molar-refractivity contribution in [2.45, 2.75) is 51.2 Å². The van der Waals surface area contributed by atoms with Crippen LogP contribution in [-0.2, 0) is 9.53 Å². The first-order chi connectivity index (χ1) is 12.2. The van der Waals surface area contributed by atoms with Gasteiger partial charge in [0.1, 0.15) is 6.54 Å². The molecule has 0 aliphatic heterocycles. The van der Waals surface area contributed by atoms with Gasteiger partial charge in [0.05, 0.1) is 5.92 Å². The number of halogens is 3. The van der Waals surface area contributed by atoms with Crippen LogP contribution in [0.4, 0.5) is 13.2 Å². The average molecular weight is 380 g/mol. The highest BCUT2D eigenvalue weighted by atomic mass is 19.4. The first-order valence-electron chi connectivity index (χ1n) is 9.13. The number of hydrogen-bond donors (Lipinski definition) is 2. The quantitative estimate of drug-likeness (QED) is 0.385. The number of hydrogen-bond acceptors (Lipinski definition) is 3. The Morgan fingerprint density at radius 2 is 2.04 bits per heavy atom. The molecule has 1 aliphatic rings. The summed E-state index contributed by atoms with van der Waals surface area (Å²) in [5.41, 5.74) is 0. The van der Waals surface area contributed by atoms with Crippen molar-refractivity contribution >= 4 is 11.9 Å². The highest BCUT2D eigenvalue weighted by molar-refractivity contribution is 5.84. The number of carbonyl (C=O) groups is 1. The van der Waals surface area contributed by atoms with E-state index < -0.39 is 12.1 Å². The standard InChI is InChI=1S/C17H31F3N4O2/c1-4-26-10-6-9-21-16(22-12-15(25)24(2)3)23-14-8-5-7-13(11-14)17(18,19)20/h13-14H,4-12H2,1-3H3,(H2,21,22,23). The largest absolute Gasteiger partial charge is 0.391 e. The van der Waals surface area contributed by atoms with Crippen LogP contribution in [-0.4, -0.2) is 69.4 Å². The number of amides is 1. The molecule has 0 spiro atoms. The maximum atomic E-state index is 13.0. The lowest BCUT2D eigenvalue weighted by atomic mass is 9.85. The molecule has 9 heteroatoms. The van der Waals surface area contributed by atoms with E-state index in [2.05, 4.69) is 15.6 Å². The van der Waals surface area contributed by atoms with Crippen LogP contribution < -0.4 is 10.6 Å². The van der Waals surface area contributed by atoms with Gasteiger partial charge in [0.15, 0.2) is 5.96 Å². The van der Waals surface area contributed by atoms with Crippen LogP contribution in [0.2, 0.25) is 0 Å². The van der Waals surface area contributed by atoms with Gasteiger partial charge in [0.2, 0.25) is 5.91 Å². The minimum absolute atomic E-state index is 0.0325. The molecule has 0 heterocycles. The molecule has 0 aromatic carbocycles. The summed E-state index contributed by atoms with van der Waals surface area (Å²) < 4.78 is 44.2. The van der Waals surface area contributed by atoms with Crippen molar-refractivity contribution in [1.82, 2.24) is 15.5 Å². The maximum absolute atomic E-state index is 13.0. The summed E-state index contributed by atoms with van der Waals surface area (Å²) in [7, 11) is 3.27. The lowest BCUT2D eigenvalue weighted by Crippen LogP contribution is -2.47. The van der Waals surface area contributed by atoms with Gasteiger partial charge < -0.3 is 20.3 Å². The van der Waals surface area contributed by atoms with Gasteiger partial charge >= 0.3 is 6.18 Å². The molecule has 0 aromatic rings. The molecular formula is C17H31F3N4O2. The normalized spacial score (nSPS) is 21.4. The highest BCUT2D eigenvalue weighted by Gasteiger charge is 2.42. The molecule has 1 aliphatic carbocycles. The summed E-state index contributed by atoms with van der Waals surface area (Å²) in [5, 5.41) is 6.15. The molecule has 2 N–H and O–H groups in total. The van der Waals surface area contributed by atoms with E-state index in [1.54, 1.807) is 14.1 Å². The summed E-state index contributed by atoms with van der Waals surface area (Å²) in [5.74, 6) is -1.07. The molecule has 1 rings (SSSR count). The van der Waals surface area contributed by atoms with E-state index in [0.29, 0.717) is 38.6 Å². The Labute approximate surface area is 153 Å². The van der Waals surface area contributed by atoms with E-state index in [0.717, 1.165) is 6.42 Å². The van der Waals surface area contributed by atoms with Crippen LogP contribution in [0.25, 0.3) is 0 Å². The number of likely N-dealkylation sites (N-methyl/N-ethyl adjacent to an activating group) is 1. The van der Waals surface area contributed by atoms with E-state index in [4.69, 9.17) is 4.74 Å². The van der Waals surface area contributed by atoms with Crippen molar-refractivity contribution in [3.05, 3.63) is 0 Å². The van der Waals surface area contributed by atoms with E-state index >= 15 is 0 Å². The molecule has 6 nitrogen and oxygen atoms in total. The van der Waals surface area contributed by atoms with E-state index in [1.165, 1.54) is 4.90 Å². The van der Waals surface area contributed by atoms with Gasteiger partial charge in [-0.25, -0.2) is 4.99 Å². The maximum Gasteiger partial charge on any atom is 0.391 e. The van der Waals surface area contributed by atoms with Gasteiger partial charge in [-0.2, -0.15) is 13.2 Å². The Balaban J connectivity index is 2.62. The van der Waals surface area contributed by atoms with Crippen LogP contribution in [0, 0.1) is 5.92 Å². The van der Waals surface area contributed by atoms with Crippen molar-refractivity contribution < 1.29 is 22.7 Å². The first-order valence-corrected chi connectivity index (χ1v) is 9.13. The van der Waals surface area contributed by atoms with Crippen molar-refractivity contribution in [2.75, 3.05) is 40.4 Å². The zero-order valence-electron chi connectivity index (χ0n) is 15.9. The number of nitrogens with one attached hydrogen (secondary N) is 2. The minimum Gasteiger partial charge on any atom is -0.382 e. The summed E-state index contributed by atoms with van der Waals surface area (Å²) in [6.45, 7) is 3.65. The Kier molecular flexibility index (Phi) is 9.75. The van der Waals surface area contributed by atoms with Gasteiger partial charge in [-0.3, -0.25) is 4.79 Å². The highest BCUT2D eigenvalue weighted by Crippen LogP contribution is 2.37. The van der Waals surface area contributed by atoms with Gasteiger partial charge in [-0.15, -0.1) is 0 Å². The monoisotopic (exact) mass is 380 g/mol. The van der Waals surface area contributed by atoms with Crippen LogP contribution in [0.1, 0.15) is 39.0 Å². The Morgan fingerprint density at radius 3 is 2.65 bits per heavy atom. The molecule has 152 valence electrons. The molecule has 1 fully saturated rings. The fourth-order valence-electron chi connectivity index (χ4n) is 2.78. The first kappa shape index (κ1) is 22.5. The number of nitrogens with zero attached hydrogens (tertiary/aromatic N) is 2. The van der Waals surface area contributed by atoms with E-state index in [9.17, 15) is 18.0 Å². The number of aliphatic imine (C=N–C) groups is 1. The summed E-state index contributed by atoms with van der Waals surface area (Å²) in [6, 6.07) is -0.303. The predicted molar refractivity (Wildman–Crippen MR) is 95.0 cm³/mol. The zero-order valence-corrected chi connectivity index (χ0v) is 15.9. The number of carbonyl (C=O) groups excluding carboxylic acids is 1. The second-order valence-corrected chi connectivity index (χ2v) is 6.68. The molecule has 26 heavy (non-hydrogen) atoms. The second kappa shape index (κ2) is 11.3. The van der Waals surface area contributed by atoms with E-state index in [1.807, 2.05) is 6.92 Å². The Morgan fingerprint density at radius 1 is 1.31 bits per heavy atom. The van der Waals surface area contributed by atoms with Crippen molar-refractivity contribution in [2.24, 2.45) is 10.9 Å². The third kappa shape index (κ3) is 8.73. The van der Waals surface area contributed by atoms with Crippen LogP contribution in [0.3, 0.4) is 0 Å². The number of rotatable bonds is 8. The fraction of sp³-hybridized carbons (Fsp3) is 0.882. The third-order valence-electron chi connectivity index (χ3n) is 4.31. The van der Waals surface area contributed by atoms with Crippen molar-refractivity contribution in [3.8, 4) is 0 Å². The summed E-state index contributed by atoms with van der Waals surface area (Å²) in [4.78, 5) is 17.4. The zero-order chi connectivity index (χ0) is 19.6. The molecule has 2 unspecified atom stereocenters. The molecule has 1 saturated carbocycles. The predicted octanol–water partition coefficient (Wildman–Crippen LogP) is 2.16. The second-order valence-electron chi connectivity index (χ2n) is 6.68. The van der Waals surface area contributed by atoms with Crippen LogP contribution >= 0.6 is 0 Å². The van der Waals surface area contributed by atoms with Crippen molar-refractivity contribution in [3.63, 3.8) is 0 Å². The molecule has 0 saturated heterocycles. The lowest BCUT2D eigenvalue weighted by molar-refractivity contribution is -0.183. The molecule has 0 bridgehead atoms. The van der Waals surface area contributed by atoms with E-state index in [-0.39, 0.29) is 31.3 Å². The van der Waals surface area contributed by atoms with Crippen molar-refractivity contribution in [1.29, 1.82) is 0 Å². The number of guanidine groups is 1. The SMILES string of the molecule is CCOCCCNC(=NCC(=O)N(C)C)NC1CCCC(C(F)(F)F)C1. The Bertz CT molecular complexity index is 456. The summed E-state index contributed by atoms with van der Waals surface area (Å²) >= 11 is 0. The third-order valence-corrected chi connectivity index (χ3v) is 4.31. The molecule has 2 atom stereocenters. The fourth-order valence-corrected chi connectivity index (χ4v) is 2.78. The Hall–Kier alpha value is -1.51. The topological polar surface area (TPSA) is 66.0 Å². The molecular weight excluding hydrogens is 349 g/mol. The molecule has 0 radical (unpaired) electrons. The van der Waals surface area contributed by atoms with Gasteiger partial charge in [-0.1, -0.05) is 6.42 Å². The van der Waals surface area contributed by atoms with Gasteiger partial charge in [0, 0.05) is 39.9 Å². The van der Waals surface area contributed by atoms with Crippen LogP contribution in [0.5, 0.6) is 0 Å².